The van der Waals surface area contributed by atoms with E-state index in [1.807, 2.05) is 19.4 Å². The number of imidazole rings is 1. The van der Waals surface area contributed by atoms with Crippen LogP contribution in [0.2, 0.25) is 0 Å². The third kappa shape index (κ3) is 6.14. The molecule has 0 aliphatic carbocycles. The summed E-state index contributed by atoms with van der Waals surface area (Å²) in [5.74, 6) is 1.58. The Morgan fingerprint density at radius 2 is 1.97 bits per heavy atom. The summed E-state index contributed by atoms with van der Waals surface area (Å²) in [5, 5.41) is 7.49. The van der Waals surface area contributed by atoms with Crippen LogP contribution >= 0.6 is 11.3 Å². The van der Waals surface area contributed by atoms with Gasteiger partial charge >= 0.3 is 0 Å². The van der Waals surface area contributed by atoms with Gasteiger partial charge < -0.3 is 19.5 Å². The first-order valence-electron chi connectivity index (χ1n) is 11.5. The number of nitrogens with one attached hydrogen (secondary N) is 1. The topological polar surface area (TPSA) is 107 Å². The number of thiophene rings is 1. The van der Waals surface area contributed by atoms with Crippen LogP contribution in [0.15, 0.2) is 41.7 Å². The first kappa shape index (κ1) is 23.2. The number of anilines is 2. The lowest BCUT2D eigenvalue weighted by Crippen LogP contribution is -2.37. The number of hydrogen-bond donors (Lipinski definition) is 1. The molecule has 0 saturated carbocycles. The Morgan fingerprint density at radius 1 is 1.14 bits per heavy atom. The summed E-state index contributed by atoms with van der Waals surface area (Å²) in [6.45, 7) is 5.39. The molecule has 1 N–H and O–H groups in total. The molecular weight excluding hydrogens is 469 g/mol. The highest BCUT2D eigenvalue weighted by molar-refractivity contribution is 7.07. The van der Waals surface area contributed by atoms with Crippen molar-refractivity contribution in [3.8, 4) is 0 Å². The quantitative estimate of drug-likeness (QED) is 0.375. The van der Waals surface area contributed by atoms with Gasteiger partial charge in [-0.3, -0.25) is 0 Å². The van der Waals surface area contributed by atoms with Crippen LogP contribution in [0.25, 0.3) is 0 Å². The number of nitrogens with zero attached hydrogens (tertiary/aromatic N) is 8. The number of rotatable bonds is 9. The second kappa shape index (κ2) is 10.8. The molecule has 12 heteroatoms. The highest BCUT2D eigenvalue weighted by Crippen LogP contribution is 2.18. The van der Waals surface area contributed by atoms with Crippen molar-refractivity contribution in [2.24, 2.45) is 0 Å². The molecule has 5 rings (SSSR count). The van der Waals surface area contributed by atoms with Gasteiger partial charge in [-0.2, -0.15) is 26.3 Å². The van der Waals surface area contributed by atoms with Gasteiger partial charge in [0.05, 0.1) is 50.1 Å². The predicted octanol–water partition coefficient (Wildman–Crippen LogP) is 2.90. The maximum atomic E-state index is 13.2. The standard InChI is InChI=1S/C23H26FN9OS/c1-16(21-25-11-18(24)12-26-21)28-22-29-20(30-23(31-22)33-5-7-34-8-6-33)10-19-13-32(15-27-19)4-2-17-3-9-35-14-17/h3,9,11-16H,2,4-8,10H2,1H3,(H,28,29,30,31)/t16-/m0/s1. The Hall–Kier alpha value is -3.51. The van der Waals surface area contributed by atoms with E-state index in [4.69, 9.17) is 9.72 Å². The van der Waals surface area contributed by atoms with Crippen molar-refractivity contribution >= 4 is 23.2 Å². The Labute approximate surface area is 206 Å². The van der Waals surface area contributed by atoms with Gasteiger partial charge in [-0.1, -0.05) is 0 Å². The average Bonchev–Trinajstić information content (AvgIpc) is 3.56. The molecule has 182 valence electrons. The van der Waals surface area contributed by atoms with Crippen LogP contribution in [-0.4, -0.2) is 60.8 Å². The Balaban J connectivity index is 1.33. The smallest absolute Gasteiger partial charge is 0.230 e. The van der Waals surface area contributed by atoms with Crippen molar-refractivity contribution in [3.63, 3.8) is 0 Å². The molecule has 1 saturated heterocycles. The summed E-state index contributed by atoms with van der Waals surface area (Å²) in [6, 6.07) is 1.83. The molecule has 0 spiro atoms. The molecule has 1 atom stereocenters. The van der Waals surface area contributed by atoms with Gasteiger partial charge in [0.2, 0.25) is 11.9 Å². The summed E-state index contributed by atoms with van der Waals surface area (Å²) in [6.07, 6.45) is 7.61. The average molecular weight is 496 g/mol. The third-order valence-corrected chi connectivity index (χ3v) is 6.33. The van der Waals surface area contributed by atoms with Crippen molar-refractivity contribution in [1.82, 2.24) is 34.5 Å². The maximum absolute atomic E-state index is 13.2. The van der Waals surface area contributed by atoms with Gasteiger partial charge in [-0.25, -0.2) is 19.3 Å². The zero-order chi connectivity index (χ0) is 24.0. The Kier molecular flexibility index (Phi) is 7.19. The zero-order valence-corrected chi connectivity index (χ0v) is 20.2. The van der Waals surface area contributed by atoms with E-state index in [0.717, 1.165) is 31.1 Å². The lowest BCUT2D eigenvalue weighted by molar-refractivity contribution is 0.122. The molecular formula is C23H26FN9OS. The fourth-order valence-corrected chi connectivity index (χ4v) is 4.44. The SMILES string of the molecule is C[C@H](Nc1nc(Cc2cn(CCc3ccsc3)cn2)nc(N2CCOCC2)n1)c1ncc(F)cn1. The van der Waals surface area contributed by atoms with Gasteiger partial charge in [0.25, 0.3) is 0 Å². The molecule has 0 radical (unpaired) electrons. The molecule has 0 unspecified atom stereocenters. The van der Waals surface area contributed by atoms with E-state index >= 15 is 0 Å². The summed E-state index contributed by atoms with van der Waals surface area (Å²) in [4.78, 5) is 28.7. The fraction of sp³-hybridized carbons (Fsp3) is 0.391. The first-order valence-corrected chi connectivity index (χ1v) is 12.4. The molecule has 1 fully saturated rings. The second-order valence-electron chi connectivity index (χ2n) is 8.26. The normalized spacial score (nSPS) is 14.7. The number of morpholine rings is 1. The fourth-order valence-electron chi connectivity index (χ4n) is 3.73. The highest BCUT2D eigenvalue weighted by Gasteiger charge is 2.19. The summed E-state index contributed by atoms with van der Waals surface area (Å²) >= 11 is 1.71. The Bertz CT molecular complexity index is 1230. The van der Waals surface area contributed by atoms with E-state index in [9.17, 15) is 4.39 Å². The van der Waals surface area contributed by atoms with Crippen LogP contribution in [0.4, 0.5) is 16.3 Å². The third-order valence-electron chi connectivity index (χ3n) is 5.60. The molecule has 5 heterocycles. The number of hydrogen-bond acceptors (Lipinski definition) is 10. The summed E-state index contributed by atoms with van der Waals surface area (Å²) in [7, 11) is 0. The van der Waals surface area contributed by atoms with Crippen LogP contribution in [-0.2, 0) is 24.1 Å². The molecule has 0 amide bonds. The van der Waals surface area contributed by atoms with Crippen LogP contribution in [0.1, 0.15) is 35.9 Å². The van der Waals surface area contributed by atoms with Crippen molar-refractivity contribution < 1.29 is 9.13 Å². The van der Waals surface area contributed by atoms with E-state index < -0.39 is 5.82 Å². The van der Waals surface area contributed by atoms with Crippen LogP contribution < -0.4 is 10.2 Å². The predicted molar refractivity (Wildman–Crippen MR) is 130 cm³/mol. The monoisotopic (exact) mass is 495 g/mol. The zero-order valence-electron chi connectivity index (χ0n) is 19.3. The van der Waals surface area contributed by atoms with Crippen LogP contribution in [0.5, 0.6) is 0 Å². The molecule has 10 nitrogen and oxygen atoms in total. The van der Waals surface area contributed by atoms with Crippen LogP contribution in [0, 0.1) is 5.82 Å². The largest absolute Gasteiger partial charge is 0.378 e. The summed E-state index contributed by atoms with van der Waals surface area (Å²) in [5.41, 5.74) is 2.21. The van der Waals surface area contributed by atoms with Gasteiger partial charge in [0.1, 0.15) is 11.6 Å². The van der Waals surface area contributed by atoms with E-state index in [1.165, 1.54) is 5.56 Å². The van der Waals surface area contributed by atoms with E-state index in [0.29, 0.717) is 56.3 Å². The second-order valence-corrected chi connectivity index (χ2v) is 9.04. The minimum absolute atomic E-state index is 0.320. The molecule has 4 aromatic rings. The highest BCUT2D eigenvalue weighted by atomic mass is 32.1. The molecule has 1 aliphatic heterocycles. The first-order chi connectivity index (χ1) is 17.1. The maximum Gasteiger partial charge on any atom is 0.230 e. The minimum Gasteiger partial charge on any atom is -0.378 e. The molecule has 35 heavy (non-hydrogen) atoms. The Morgan fingerprint density at radius 3 is 2.74 bits per heavy atom. The molecule has 1 aliphatic rings. The molecule has 0 bridgehead atoms. The summed E-state index contributed by atoms with van der Waals surface area (Å²) < 4.78 is 20.8. The van der Waals surface area contributed by atoms with Crippen molar-refractivity contribution in [2.75, 3.05) is 36.5 Å². The lowest BCUT2D eigenvalue weighted by Gasteiger charge is -2.27. The lowest BCUT2D eigenvalue weighted by atomic mass is 10.2. The van der Waals surface area contributed by atoms with Gasteiger partial charge in [0.15, 0.2) is 5.82 Å². The number of halogens is 1. The van der Waals surface area contributed by atoms with E-state index in [2.05, 4.69) is 56.5 Å². The molecule has 0 aromatic carbocycles. The van der Waals surface area contributed by atoms with Gasteiger partial charge in [0, 0.05) is 25.8 Å². The minimum atomic E-state index is -0.479. The van der Waals surface area contributed by atoms with E-state index in [-0.39, 0.29) is 6.04 Å². The number of aromatic nitrogens is 7. The van der Waals surface area contributed by atoms with Gasteiger partial charge in [-0.15, -0.1) is 0 Å². The van der Waals surface area contributed by atoms with Crippen molar-refractivity contribution in [3.05, 3.63) is 70.5 Å². The van der Waals surface area contributed by atoms with Crippen molar-refractivity contribution in [1.29, 1.82) is 0 Å². The van der Waals surface area contributed by atoms with Crippen molar-refractivity contribution in [2.45, 2.75) is 32.4 Å². The van der Waals surface area contributed by atoms with E-state index in [1.54, 1.807) is 11.3 Å². The number of aryl methyl sites for hydroxylation is 2. The molecule has 4 aromatic heterocycles. The number of ether oxygens (including phenoxy) is 1. The van der Waals surface area contributed by atoms with Gasteiger partial charge in [-0.05, 0) is 35.7 Å². The van der Waals surface area contributed by atoms with Crippen LogP contribution in [0.3, 0.4) is 0 Å².